The fourth-order valence-electron chi connectivity index (χ4n) is 2.69. The third-order valence-electron chi connectivity index (χ3n) is 4.35. The second kappa shape index (κ2) is 6.76. The number of thiophene rings is 1. The van der Waals surface area contributed by atoms with Crippen LogP contribution in [0, 0.1) is 0 Å². The van der Waals surface area contributed by atoms with Gasteiger partial charge in [0.1, 0.15) is 4.88 Å². The molecule has 128 valence electrons. The Bertz CT molecular complexity index is 761. The number of aromatic carboxylic acids is 1. The van der Waals surface area contributed by atoms with E-state index in [1.807, 2.05) is 4.68 Å². The zero-order valence-corrected chi connectivity index (χ0v) is 14.6. The molecule has 1 aliphatic rings. The SMILES string of the molecule is CCC(C)n1ncc(C(=O)NCc2ccc(C(=O)O)s2)c1C1CC1. The highest BCUT2D eigenvalue weighted by atomic mass is 32.1. The first kappa shape index (κ1) is 16.7. The smallest absolute Gasteiger partial charge is 0.345 e. The minimum absolute atomic E-state index is 0.142. The third-order valence-corrected chi connectivity index (χ3v) is 5.42. The van der Waals surface area contributed by atoms with Crippen LogP contribution in [0.2, 0.25) is 0 Å². The van der Waals surface area contributed by atoms with E-state index in [2.05, 4.69) is 24.3 Å². The highest BCUT2D eigenvalue weighted by Gasteiger charge is 2.33. The van der Waals surface area contributed by atoms with Crippen LogP contribution in [0.25, 0.3) is 0 Å². The predicted molar refractivity (Wildman–Crippen MR) is 91.7 cm³/mol. The molecule has 2 aromatic rings. The first-order chi connectivity index (χ1) is 11.5. The molecule has 7 heteroatoms. The van der Waals surface area contributed by atoms with Gasteiger partial charge in [-0.15, -0.1) is 11.3 Å². The van der Waals surface area contributed by atoms with Crippen LogP contribution in [0.1, 0.15) is 75.7 Å². The highest BCUT2D eigenvalue weighted by Crippen LogP contribution is 2.42. The number of amides is 1. The molecular weight excluding hydrogens is 326 g/mol. The molecule has 0 bridgehead atoms. The zero-order chi connectivity index (χ0) is 17.3. The van der Waals surface area contributed by atoms with Gasteiger partial charge in [0.2, 0.25) is 0 Å². The van der Waals surface area contributed by atoms with E-state index in [9.17, 15) is 9.59 Å². The summed E-state index contributed by atoms with van der Waals surface area (Å²) in [5.41, 5.74) is 1.69. The van der Waals surface area contributed by atoms with Gasteiger partial charge in [0.15, 0.2) is 0 Å². The molecule has 2 N–H and O–H groups in total. The largest absolute Gasteiger partial charge is 0.477 e. The Kier molecular flexibility index (Phi) is 4.71. The fourth-order valence-corrected chi connectivity index (χ4v) is 3.47. The maximum absolute atomic E-state index is 12.6. The molecule has 1 atom stereocenters. The van der Waals surface area contributed by atoms with Crippen LogP contribution in [-0.2, 0) is 6.54 Å². The van der Waals surface area contributed by atoms with E-state index in [-0.39, 0.29) is 16.8 Å². The maximum Gasteiger partial charge on any atom is 0.345 e. The van der Waals surface area contributed by atoms with Gasteiger partial charge in [-0.05, 0) is 38.3 Å². The molecule has 2 aromatic heterocycles. The average Bonchev–Trinajstić information content (AvgIpc) is 3.13. The zero-order valence-electron chi connectivity index (χ0n) is 13.8. The molecule has 24 heavy (non-hydrogen) atoms. The number of hydrogen-bond acceptors (Lipinski definition) is 4. The molecule has 6 nitrogen and oxygen atoms in total. The molecule has 1 amide bonds. The van der Waals surface area contributed by atoms with Crippen molar-refractivity contribution in [2.45, 2.75) is 51.6 Å². The van der Waals surface area contributed by atoms with Gasteiger partial charge in [-0.25, -0.2) is 4.79 Å². The fraction of sp³-hybridized carbons (Fsp3) is 0.471. The monoisotopic (exact) mass is 347 g/mol. The van der Waals surface area contributed by atoms with E-state index in [0.717, 1.165) is 29.8 Å². The van der Waals surface area contributed by atoms with E-state index in [0.29, 0.717) is 18.0 Å². The van der Waals surface area contributed by atoms with E-state index in [4.69, 9.17) is 5.11 Å². The molecule has 1 saturated carbocycles. The number of nitrogens with one attached hydrogen (secondary N) is 1. The molecule has 0 saturated heterocycles. The van der Waals surface area contributed by atoms with Crippen molar-refractivity contribution in [2.24, 2.45) is 0 Å². The molecule has 1 aliphatic carbocycles. The summed E-state index contributed by atoms with van der Waals surface area (Å²) in [5.74, 6) is -0.650. The minimum atomic E-state index is -0.941. The molecular formula is C17H21N3O3S. The molecule has 0 spiro atoms. The van der Waals surface area contributed by atoms with Crippen molar-refractivity contribution in [3.05, 3.63) is 39.3 Å². The Morgan fingerprint density at radius 2 is 2.21 bits per heavy atom. The summed E-state index contributed by atoms with van der Waals surface area (Å²) >= 11 is 1.18. The number of carboxylic acids is 1. The van der Waals surface area contributed by atoms with Crippen molar-refractivity contribution in [1.82, 2.24) is 15.1 Å². The van der Waals surface area contributed by atoms with Crippen LogP contribution in [0.4, 0.5) is 0 Å². The first-order valence-corrected chi connectivity index (χ1v) is 9.00. The molecule has 3 rings (SSSR count). The molecule has 0 radical (unpaired) electrons. The number of aromatic nitrogens is 2. The lowest BCUT2D eigenvalue weighted by Crippen LogP contribution is -2.23. The van der Waals surface area contributed by atoms with Gasteiger partial charge >= 0.3 is 5.97 Å². The van der Waals surface area contributed by atoms with E-state index >= 15 is 0 Å². The first-order valence-electron chi connectivity index (χ1n) is 8.18. The van der Waals surface area contributed by atoms with E-state index in [1.165, 1.54) is 11.3 Å². The lowest BCUT2D eigenvalue weighted by atomic mass is 10.1. The van der Waals surface area contributed by atoms with Gasteiger partial charge in [0, 0.05) is 16.8 Å². The van der Waals surface area contributed by atoms with Crippen molar-refractivity contribution >= 4 is 23.2 Å². The third kappa shape index (κ3) is 3.36. The number of rotatable bonds is 7. The summed E-state index contributed by atoms with van der Waals surface area (Å²) in [6.45, 7) is 4.55. The van der Waals surface area contributed by atoms with Crippen molar-refractivity contribution < 1.29 is 14.7 Å². The summed E-state index contributed by atoms with van der Waals surface area (Å²) in [6, 6.07) is 3.57. The molecule has 1 unspecified atom stereocenters. The number of carboxylic acid groups (broad SMARTS) is 1. The molecule has 1 fully saturated rings. The minimum Gasteiger partial charge on any atom is -0.477 e. The normalized spacial score (nSPS) is 15.2. The Balaban J connectivity index is 1.72. The van der Waals surface area contributed by atoms with Crippen LogP contribution >= 0.6 is 11.3 Å². The van der Waals surface area contributed by atoms with Crippen LogP contribution in [0.3, 0.4) is 0 Å². The Morgan fingerprint density at radius 3 is 2.79 bits per heavy atom. The van der Waals surface area contributed by atoms with Crippen LogP contribution in [0.15, 0.2) is 18.3 Å². The molecule has 0 aliphatic heterocycles. The van der Waals surface area contributed by atoms with Crippen molar-refractivity contribution in [3.63, 3.8) is 0 Å². The van der Waals surface area contributed by atoms with Crippen LogP contribution in [0.5, 0.6) is 0 Å². The molecule has 0 aromatic carbocycles. The summed E-state index contributed by atoms with van der Waals surface area (Å²) in [6.07, 6.45) is 4.84. The van der Waals surface area contributed by atoms with Gasteiger partial charge in [-0.1, -0.05) is 6.92 Å². The van der Waals surface area contributed by atoms with Gasteiger partial charge in [0.05, 0.1) is 24.0 Å². The van der Waals surface area contributed by atoms with Gasteiger partial charge in [0.25, 0.3) is 5.91 Å². The summed E-state index contributed by atoms with van der Waals surface area (Å²) < 4.78 is 1.99. The van der Waals surface area contributed by atoms with Gasteiger partial charge in [-0.3, -0.25) is 9.48 Å². The quantitative estimate of drug-likeness (QED) is 0.804. The summed E-state index contributed by atoms with van der Waals surface area (Å²) in [7, 11) is 0. The summed E-state index contributed by atoms with van der Waals surface area (Å²) in [4.78, 5) is 24.6. The van der Waals surface area contributed by atoms with Crippen LogP contribution < -0.4 is 5.32 Å². The van der Waals surface area contributed by atoms with Crippen molar-refractivity contribution in [1.29, 1.82) is 0 Å². The lowest BCUT2D eigenvalue weighted by molar-refractivity contribution is 0.0702. The Hall–Kier alpha value is -2.15. The second-order valence-electron chi connectivity index (χ2n) is 6.17. The lowest BCUT2D eigenvalue weighted by Gasteiger charge is -2.14. The maximum atomic E-state index is 12.6. The second-order valence-corrected chi connectivity index (χ2v) is 7.34. The molecule has 2 heterocycles. The van der Waals surface area contributed by atoms with Crippen molar-refractivity contribution in [3.8, 4) is 0 Å². The average molecular weight is 347 g/mol. The van der Waals surface area contributed by atoms with Crippen LogP contribution in [-0.4, -0.2) is 26.8 Å². The van der Waals surface area contributed by atoms with Gasteiger partial charge in [-0.2, -0.15) is 5.10 Å². The predicted octanol–water partition coefficient (Wildman–Crippen LogP) is 3.42. The van der Waals surface area contributed by atoms with Crippen molar-refractivity contribution in [2.75, 3.05) is 0 Å². The topological polar surface area (TPSA) is 84.2 Å². The summed E-state index contributed by atoms with van der Waals surface area (Å²) in [5, 5.41) is 16.3. The number of nitrogens with zero attached hydrogens (tertiary/aromatic N) is 2. The van der Waals surface area contributed by atoms with E-state index in [1.54, 1.807) is 18.3 Å². The standard InChI is InChI=1S/C17H21N3O3S/c1-3-10(2)20-15(11-4-5-11)13(9-19-20)16(21)18-8-12-6-7-14(24-12)17(22)23/h6-7,9-11H,3-5,8H2,1-2H3,(H,18,21)(H,22,23). The number of hydrogen-bond donors (Lipinski definition) is 2. The Morgan fingerprint density at radius 1 is 1.46 bits per heavy atom. The van der Waals surface area contributed by atoms with Gasteiger partial charge < -0.3 is 10.4 Å². The highest BCUT2D eigenvalue weighted by molar-refractivity contribution is 7.13. The number of carbonyl (C=O) groups is 2. The number of carbonyl (C=O) groups excluding carboxylic acids is 1. The van der Waals surface area contributed by atoms with E-state index < -0.39 is 5.97 Å². The Labute approximate surface area is 144 Å².